The fraction of sp³-hybridized carbons (Fsp3) is 0.417. The molecule has 0 aliphatic heterocycles. The highest BCUT2D eigenvalue weighted by atomic mass is 16.6. The Hall–Kier alpha value is -2.11. The van der Waals surface area contributed by atoms with Gasteiger partial charge in [0.05, 0.1) is 16.9 Å². The van der Waals surface area contributed by atoms with Gasteiger partial charge in [-0.25, -0.2) is 0 Å². The highest BCUT2D eigenvalue weighted by Crippen LogP contribution is 2.22. The fourth-order valence-corrected chi connectivity index (χ4v) is 1.20. The van der Waals surface area contributed by atoms with Crippen molar-refractivity contribution >= 4 is 11.7 Å². The second-order valence-corrected chi connectivity index (χ2v) is 4.54. The molecule has 0 unspecified atom stereocenters. The summed E-state index contributed by atoms with van der Waals surface area (Å²) in [5, 5.41) is 19.3. The average molecular weight is 253 g/mol. The summed E-state index contributed by atoms with van der Waals surface area (Å²) in [6.07, 6.45) is 0.360. The van der Waals surface area contributed by atoms with Crippen molar-refractivity contribution in [2.24, 2.45) is 5.41 Å². The van der Waals surface area contributed by atoms with E-state index >= 15 is 0 Å². The smallest absolute Gasteiger partial charge is 0.309 e. The molecule has 0 fully saturated rings. The van der Waals surface area contributed by atoms with Gasteiger partial charge in [-0.1, -0.05) is 0 Å². The predicted molar refractivity (Wildman–Crippen MR) is 64.6 cm³/mol. The van der Waals surface area contributed by atoms with Gasteiger partial charge in [-0.05, 0) is 32.4 Å². The second-order valence-electron chi connectivity index (χ2n) is 4.54. The number of nitro benzene ring substituents is 1. The third-order valence-electron chi connectivity index (χ3n) is 2.62. The number of carboxylic acid groups (broad SMARTS) is 1. The highest BCUT2D eigenvalue weighted by molar-refractivity contribution is 5.73. The van der Waals surface area contributed by atoms with E-state index in [1.807, 2.05) is 0 Å². The molecule has 18 heavy (non-hydrogen) atoms. The molecule has 1 aromatic carbocycles. The van der Waals surface area contributed by atoms with Crippen molar-refractivity contribution in [1.29, 1.82) is 0 Å². The third-order valence-corrected chi connectivity index (χ3v) is 2.62. The maximum absolute atomic E-state index is 10.9. The van der Waals surface area contributed by atoms with Crippen LogP contribution in [0.4, 0.5) is 5.69 Å². The lowest BCUT2D eigenvalue weighted by Crippen LogP contribution is -2.25. The first-order valence-corrected chi connectivity index (χ1v) is 5.43. The molecule has 0 saturated carbocycles. The standard InChI is InChI=1S/C12H15NO5/c1-12(2,11(14)15)7-8-18-10-5-3-9(4-6-10)13(16)17/h3-6H,7-8H2,1-2H3,(H,14,15). The molecule has 0 aliphatic rings. The molecule has 0 heterocycles. The molecule has 0 atom stereocenters. The normalized spacial score (nSPS) is 11.0. The minimum absolute atomic E-state index is 0.00628. The Balaban J connectivity index is 2.50. The molecule has 1 N–H and O–H groups in total. The molecule has 0 aromatic heterocycles. The van der Waals surface area contributed by atoms with Crippen molar-refractivity contribution in [3.63, 3.8) is 0 Å². The summed E-state index contributed by atoms with van der Waals surface area (Å²) in [5.41, 5.74) is -0.853. The zero-order valence-corrected chi connectivity index (χ0v) is 10.3. The van der Waals surface area contributed by atoms with E-state index in [1.165, 1.54) is 24.3 Å². The van der Waals surface area contributed by atoms with Crippen LogP contribution in [0.1, 0.15) is 20.3 Å². The monoisotopic (exact) mass is 253 g/mol. The van der Waals surface area contributed by atoms with Gasteiger partial charge in [-0.15, -0.1) is 0 Å². The molecule has 1 aromatic rings. The molecule has 1 rings (SSSR count). The van der Waals surface area contributed by atoms with Crippen LogP contribution in [0.25, 0.3) is 0 Å². The van der Waals surface area contributed by atoms with Gasteiger partial charge in [0.25, 0.3) is 5.69 Å². The van der Waals surface area contributed by atoms with Crippen LogP contribution in [-0.2, 0) is 4.79 Å². The summed E-state index contributed by atoms with van der Waals surface area (Å²) >= 11 is 0. The van der Waals surface area contributed by atoms with E-state index in [-0.39, 0.29) is 12.3 Å². The lowest BCUT2D eigenvalue weighted by Gasteiger charge is -2.18. The number of hydrogen-bond donors (Lipinski definition) is 1. The number of aliphatic carboxylic acids is 1. The van der Waals surface area contributed by atoms with Crippen molar-refractivity contribution in [2.45, 2.75) is 20.3 Å². The first-order valence-electron chi connectivity index (χ1n) is 5.43. The number of carbonyl (C=O) groups is 1. The van der Waals surface area contributed by atoms with Crippen LogP contribution in [0.15, 0.2) is 24.3 Å². The summed E-state index contributed by atoms with van der Waals surface area (Å²) in [4.78, 5) is 20.8. The zero-order valence-electron chi connectivity index (χ0n) is 10.3. The van der Waals surface area contributed by atoms with Crippen molar-refractivity contribution in [3.8, 4) is 5.75 Å². The molecule has 0 bridgehead atoms. The number of rotatable bonds is 6. The molecule has 0 amide bonds. The molecular formula is C12H15NO5. The minimum Gasteiger partial charge on any atom is -0.494 e. The Labute approximate surface area is 104 Å². The Bertz CT molecular complexity index is 438. The molecule has 0 spiro atoms. The summed E-state index contributed by atoms with van der Waals surface area (Å²) in [7, 11) is 0. The molecule has 0 saturated heterocycles. The lowest BCUT2D eigenvalue weighted by molar-refractivity contribution is -0.384. The van der Waals surface area contributed by atoms with Crippen molar-refractivity contribution in [2.75, 3.05) is 6.61 Å². The summed E-state index contributed by atoms with van der Waals surface area (Å²) in [6, 6.07) is 5.67. The van der Waals surface area contributed by atoms with Crippen LogP contribution in [0, 0.1) is 15.5 Å². The van der Waals surface area contributed by atoms with E-state index in [9.17, 15) is 14.9 Å². The molecular weight excluding hydrogens is 238 g/mol. The largest absolute Gasteiger partial charge is 0.494 e. The first kappa shape index (κ1) is 14.0. The molecule has 6 nitrogen and oxygen atoms in total. The van der Waals surface area contributed by atoms with E-state index in [4.69, 9.17) is 9.84 Å². The predicted octanol–water partition coefficient (Wildman–Crippen LogP) is 2.47. The van der Waals surface area contributed by atoms with E-state index in [0.29, 0.717) is 12.2 Å². The zero-order chi connectivity index (χ0) is 13.8. The van der Waals surface area contributed by atoms with Gasteiger partial charge in [0.1, 0.15) is 5.75 Å². The first-order chi connectivity index (χ1) is 8.33. The Morgan fingerprint density at radius 3 is 2.39 bits per heavy atom. The summed E-state index contributed by atoms with van der Waals surface area (Å²) in [6.45, 7) is 3.49. The number of ether oxygens (including phenoxy) is 1. The quantitative estimate of drug-likeness (QED) is 0.621. The van der Waals surface area contributed by atoms with Gasteiger partial charge < -0.3 is 9.84 Å². The minimum atomic E-state index is -0.880. The van der Waals surface area contributed by atoms with Crippen LogP contribution in [0.3, 0.4) is 0 Å². The second kappa shape index (κ2) is 5.48. The Kier molecular flexibility index (Phi) is 4.25. The van der Waals surface area contributed by atoms with Gasteiger partial charge >= 0.3 is 5.97 Å². The van der Waals surface area contributed by atoms with Gasteiger partial charge in [0.15, 0.2) is 0 Å². The highest BCUT2D eigenvalue weighted by Gasteiger charge is 2.26. The van der Waals surface area contributed by atoms with Crippen LogP contribution in [-0.4, -0.2) is 22.6 Å². The molecule has 0 aliphatic carbocycles. The van der Waals surface area contributed by atoms with Gasteiger partial charge in [-0.2, -0.15) is 0 Å². The topological polar surface area (TPSA) is 89.7 Å². The lowest BCUT2D eigenvalue weighted by atomic mass is 9.90. The molecule has 98 valence electrons. The Morgan fingerprint density at radius 1 is 1.39 bits per heavy atom. The maximum atomic E-state index is 10.9. The number of carboxylic acids is 1. The number of non-ortho nitro benzene ring substituents is 1. The Morgan fingerprint density at radius 2 is 1.94 bits per heavy atom. The number of benzene rings is 1. The van der Waals surface area contributed by atoms with E-state index in [0.717, 1.165) is 0 Å². The molecule has 6 heteroatoms. The average Bonchev–Trinajstić information content (AvgIpc) is 2.29. The fourth-order valence-electron chi connectivity index (χ4n) is 1.20. The van der Waals surface area contributed by atoms with E-state index in [1.54, 1.807) is 13.8 Å². The van der Waals surface area contributed by atoms with E-state index < -0.39 is 16.3 Å². The summed E-state index contributed by atoms with van der Waals surface area (Å²) in [5.74, 6) is -0.392. The van der Waals surface area contributed by atoms with E-state index in [2.05, 4.69) is 0 Å². The number of nitrogens with zero attached hydrogens (tertiary/aromatic N) is 1. The maximum Gasteiger partial charge on any atom is 0.309 e. The van der Waals surface area contributed by atoms with Crippen molar-refractivity contribution in [1.82, 2.24) is 0 Å². The SMILES string of the molecule is CC(C)(CCOc1ccc([N+](=O)[O-])cc1)C(=O)O. The number of hydrogen-bond acceptors (Lipinski definition) is 4. The van der Waals surface area contributed by atoms with Crippen LogP contribution in [0.5, 0.6) is 5.75 Å². The van der Waals surface area contributed by atoms with Gasteiger partial charge in [0.2, 0.25) is 0 Å². The third kappa shape index (κ3) is 3.73. The van der Waals surface area contributed by atoms with Crippen molar-refractivity contribution in [3.05, 3.63) is 34.4 Å². The molecule has 0 radical (unpaired) electrons. The summed E-state index contributed by atoms with van der Waals surface area (Å²) < 4.78 is 5.34. The van der Waals surface area contributed by atoms with Gasteiger partial charge in [-0.3, -0.25) is 14.9 Å². The van der Waals surface area contributed by atoms with Crippen LogP contribution >= 0.6 is 0 Å². The van der Waals surface area contributed by atoms with Crippen LogP contribution in [0.2, 0.25) is 0 Å². The van der Waals surface area contributed by atoms with Crippen LogP contribution < -0.4 is 4.74 Å². The van der Waals surface area contributed by atoms with Gasteiger partial charge in [0, 0.05) is 12.1 Å². The number of nitro groups is 1. The van der Waals surface area contributed by atoms with Crippen molar-refractivity contribution < 1.29 is 19.6 Å².